The number of anilines is 1. The molecule has 2 aromatic rings. The van der Waals surface area contributed by atoms with E-state index in [1.165, 1.54) is 11.8 Å². The van der Waals surface area contributed by atoms with E-state index in [0.717, 1.165) is 5.69 Å². The second-order valence-electron chi connectivity index (χ2n) is 3.89. The van der Waals surface area contributed by atoms with Gasteiger partial charge in [-0.15, -0.1) is 11.8 Å². The highest BCUT2D eigenvalue weighted by molar-refractivity contribution is 7.98. The molecule has 0 atom stereocenters. The molecule has 0 spiro atoms. The summed E-state index contributed by atoms with van der Waals surface area (Å²) in [6.07, 6.45) is 1.88. The summed E-state index contributed by atoms with van der Waals surface area (Å²) in [7, 11) is 1.57. The van der Waals surface area contributed by atoms with E-state index >= 15 is 0 Å². The van der Waals surface area contributed by atoms with E-state index in [-0.39, 0.29) is 5.91 Å². The maximum Gasteiger partial charge on any atom is 0.260 e. The summed E-state index contributed by atoms with van der Waals surface area (Å²) in [5.41, 5.74) is 1.96. The lowest BCUT2D eigenvalue weighted by molar-refractivity contribution is 0.102. The van der Waals surface area contributed by atoms with Gasteiger partial charge in [0.2, 0.25) is 0 Å². The Morgan fingerprint density at radius 3 is 2.84 bits per heavy atom. The summed E-state index contributed by atoms with van der Waals surface area (Å²) in [6.45, 7) is 1.82. The zero-order valence-corrected chi connectivity index (χ0v) is 11.8. The first-order valence-corrected chi connectivity index (χ1v) is 6.93. The summed E-state index contributed by atoms with van der Waals surface area (Å²) in [5.74, 6) is 0.433. The number of carbonyl (C=O) groups is 1. The predicted molar refractivity (Wildman–Crippen MR) is 76.1 cm³/mol. The van der Waals surface area contributed by atoms with Crippen LogP contribution in [0.25, 0.3) is 0 Å². The number of ether oxygens (including phenoxy) is 1. The molecule has 0 bridgehead atoms. The summed E-state index contributed by atoms with van der Waals surface area (Å²) in [4.78, 5) is 12.3. The van der Waals surface area contributed by atoms with Crippen LogP contribution in [0, 0.1) is 6.92 Å². The lowest BCUT2D eigenvalue weighted by atomic mass is 10.2. The van der Waals surface area contributed by atoms with Gasteiger partial charge in [0.25, 0.3) is 5.91 Å². The highest BCUT2D eigenvalue weighted by Crippen LogP contribution is 2.26. The average molecular weight is 277 g/mol. The van der Waals surface area contributed by atoms with Crippen molar-refractivity contribution >= 4 is 23.4 Å². The summed E-state index contributed by atoms with van der Waals surface area (Å²) in [5, 5.41) is 10.4. The number of aromatic nitrogens is 2. The van der Waals surface area contributed by atoms with Crippen molar-refractivity contribution in [2.45, 2.75) is 11.9 Å². The van der Waals surface area contributed by atoms with Crippen LogP contribution in [0.3, 0.4) is 0 Å². The molecule has 19 heavy (non-hydrogen) atoms. The number of hydrogen-bond acceptors (Lipinski definition) is 4. The Morgan fingerprint density at radius 2 is 2.16 bits per heavy atom. The average Bonchev–Trinajstić information content (AvgIpc) is 2.80. The number of benzene rings is 1. The van der Waals surface area contributed by atoms with Gasteiger partial charge in [-0.3, -0.25) is 9.89 Å². The Kier molecular flexibility index (Phi) is 4.11. The van der Waals surface area contributed by atoms with Gasteiger partial charge in [0, 0.05) is 5.69 Å². The van der Waals surface area contributed by atoms with Crippen molar-refractivity contribution in [3.63, 3.8) is 0 Å². The molecule has 2 rings (SSSR count). The molecule has 0 radical (unpaired) electrons. The zero-order valence-electron chi connectivity index (χ0n) is 11.0. The molecular weight excluding hydrogens is 262 g/mol. The number of aryl methyl sites for hydroxylation is 1. The molecule has 1 heterocycles. The van der Waals surface area contributed by atoms with Crippen LogP contribution < -0.4 is 10.1 Å². The molecule has 100 valence electrons. The molecule has 0 saturated carbocycles. The standard InChI is InChI=1S/C13H15N3O2S/c1-8-11(13(19-3)16-15-8)12(17)14-9-6-4-5-7-10(9)18-2/h4-7H,1-3H3,(H,14,17)(H,15,16). The third kappa shape index (κ3) is 2.73. The van der Waals surface area contributed by atoms with E-state index in [1.54, 1.807) is 19.2 Å². The highest BCUT2D eigenvalue weighted by Gasteiger charge is 2.18. The van der Waals surface area contributed by atoms with Crippen molar-refractivity contribution in [1.82, 2.24) is 10.2 Å². The van der Waals surface area contributed by atoms with E-state index in [0.29, 0.717) is 22.0 Å². The lowest BCUT2D eigenvalue weighted by Crippen LogP contribution is -2.14. The molecule has 2 N–H and O–H groups in total. The van der Waals surface area contributed by atoms with Gasteiger partial charge in [-0.25, -0.2) is 0 Å². The van der Waals surface area contributed by atoms with Crippen LogP contribution >= 0.6 is 11.8 Å². The van der Waals surface area contributed by atoms with Gasteiger partial charge in [0.1, 0.15) is 10.8 Å². The number of amides is 1. The molecule has 0 aliphatic rings. The van der Waals surface area contributed by atoms with Crippen LogP contribution in [0.4, 0.5) is 5.69 Å². The molecule has 0 aliphatic carbocycles. The van der Waals surface area contributed by atoms with Gasteiger partial charge in [-0.2, -0.15) is 5.10 Å². The SMILES string of the molecule is COc1ccccc1NC(=O)c1c(SC)n[nH]c1C. The van der Waals surface area contributed by atoms with Crippen LogP contribution in [0.1, 0.15) is 16.1 Å². The smallest absolute Gasteiger partial charge is 0.260 e. The van der Waals surface area contributed by atoms with Crippen molar-refractivity contribution < 1.29 is 9.53 Å². The normalized spacial score (nSPS) is 10.3. The molecule has 0 aliphatic heterocycles. The van der Waals surface area contributed by atoms with Crippen LogP contribution in [0.5, 0.6) is 5.75 Å². The number of thioether (sulfide) groups is 1. The van der Waals surface area contributed by atoms with Crippen LogP contribution in [-0.2, 0) is 0 Å². The fourth-order valence-electron chi connectivity index (χ4n) is 1.75. The lowest BCUT2D eigenvalue weighted by Gasteiger charge is -2.09. The number of nitrogens with zero attached hydrogens (tertiary/aromatic N) is 1. The first kappa shape index (κ1) is 13.5. The van der Waals surface area contributed by atoms with E-state index in [2.05, 4.69) is 15.5 Å². The van der Waals surface area contributed by atoms with Crippen molar-refractivity contribution in [3.8, 4) is 5.75 Å². The van der Waals surface area contributed by atoms with Crippen LogP contribution in [-0.4, -0.2) is 29.5 Å². The minimum absolute atomic E-state index is 0.194. The molecular formula is C13H15N3O2S. The maximum absolute atomic E-state index is 12.3. The Balaban J connectivity index is 2.28. The van der Waals surface area contributed by atoms with Gasteiger partial charge < -0.3 is 10.1 Å². The van der Waals surface area contributed by atoms with Crippen molar-refractivity contribution in [3.05, 3.63) is 35.5 Å². The van der Waals surface area contributed by atoms with E-state index in [4.69, 9.17) is 4.74 Å². The third-order valence-corrected chi connectivity index (χ3v) is 3.37. The van der Waals surface area contributed by atoms with Gasteiger partial charge in [0.05, 0.1) is 18.4 Å². The zero-order chi connectivity index (χ0) is 13.8. The van der Waals surface area contributed by atoms with Crippen LogP contribution in [0.15, 0.2) is 29.3 Å². The Morgan fingerprint density at radius 1 is 1.42 bits per heavy atom. The number of para-hydroxylation sites is 2. The number of nitrogens with one attached hydrogen (secondary N) is 2. The molecule has 6 heteroatoms. The molecule has 5 nitrogen and oxygen atoms in total. The number of aromatic amines is 1. The molecule has 1 aromatic heterocycles. The third-order valence-electron chi connectivity index (χ3n) is 2.69. The van der Waals surface area contributed by atoms with Gasteiger partial charge in [-0.1, -0.05) is 12.1 Å². The van der Waals surface area contributed by atoms with Crippen molar-refractivity contribution in [1.29, 1.82) is 0 Å². The van der Waals surface area contributed by atoms with Gasteiger partial charge >= 0.3 is 0 Å². The van der Waals surface area contributed by atoms with E-state index < -0.39 is 0 Å². The number of carbonyl (C=O) groups excluding carboxylic acids is 1. The molecule has 0 unspecified atom stereocenters. The Hall–Kier alpha value is -1.95. The molecule has 0 saturated heterocycles. The number of H-pyrrole nitrogens is 1. The predicted octanol–water partition coefficient (Wildman–Crippen LogP) is 2.70. The largest absolute Gasteiger partial charge is 0.495 e. The van der Waals surface area contributed by atoms with Gasteiger partial charge in [-0.05, 0) is 25.3 Å². The number of rotatable bonds is 4. The first-order chi connectivity index (χ1) is 9.17. The number of methoxy groups -OCH3 is 1. The van der Waals surface area contributed by atoms with E-state index in [9.17, 15) is 4.79 Å². The maximum atomic E-state index is 12.3. The minimum atomic E-state index is -0.194. The topological polar surface area (TPSA) is 67.0 Å². The molecule has 0 fully saturated rings. The first-order valence-electron chi connectivity index (χ1n) is 5.70. The summed E-state index contributed by atoms with van der Waals surface area (Å²) in [6, 6.07) is 7.29. The van der Waals surface area contributed by atoms with Crippen molar-refractivity contribution in [2.24, 2.45) is 0 Å². The summed E-state index contributed by atoms with van der Waals surface area (Å²) < 4.78 is 5.21. The van der Waals surface area contributed by atoms with E-state index in [1.807, 2.05) is 25.3 Å². The second-order valence-corrected chi connectivity index (χ2v) is 4.68. The van der Waals surface area contributed by atoms with Crippen molar-refractivity contribution in [2.75, 3.05) is 18.7 Å². The second kappa shape index (κ2) is 5.79. The fraction of sp³-hybridized carbons (Fsp3) is 0.231. The monoisotopic (exact) mass is 277 g/mol. The quantitative estimate of drug-likeness (QED) is 0.843. The fourth-order valence-corrected chi connectivity index (χ4v) is 2.34. The minimum Gasteiger partial charge on any atom is -0.495 e. The molecule has 1 amide bonds. The molecule has 1 aromatic carbocycles. The Labute approximate surface area is 115 Å². The number of hydrogen-bond donors (Lipinski definition) is 2. The highest BCUT2D eigenvalue weighted by atomic mass is 32.2. The summed E-state index contributed by atoms with van der Waals surface area (Å²) >= 11 is 1.43. The van der Waals surface area contributed by atoms with Crippen LogP contribution in [0.2, 0.25) is 0 Å². The Bertz CT molecular complexity index is 595. The van der Waals surface area contributed by atoms with Gasteiger partial charge in [0.15, 0.2) is 0 Å².